The molecule has 1 atom stereocenters. The van der Waals surface area contributed by atoms with Crippen LogP contribution in [-0.2, 0) is 20.7 Å². The smallest absolute Gasteiger partial charge is 0.310 e. The lowest BCUT2D eigenvalue weighted by Gasteiger charge is -2.31. The quantitative estimate of drug-likeness (QED) is 0.432. The lowest BCUT2D eigenvalue weighted by Crippen LogP contribution is -2.43. The highest BCUT2D eigenvalue weighted by Crippen LogP contribution is 2.21. The van der Waals surface area contributed by atoms with Gasteiger partial charge in [-0.3, -0.25) is 14.4 Å². The van der Waals surface area contributed by atoms with Crippen LogP contribution in [0.1, 0.15) is 51.6 Å². The van der Waals surface area contributed by atoms with Gasteiger partial charge in [-0.2, -0.15) is 0 Å². The molecule has 0 spiro atoms. The van der Waals surface area contributed by atoms with Crippen LogP contribution in [0.5, 0.6) is 5.75 Å². The first-order valence-electron chi connectivity index (χ1n) is 11.6. The van der Waals surface area contributed by atoms with Gasteiger partial charge in [0.25, 0.3) is 5.56 Å². The van der Waals surface area contributed by atoms with Gasteiger partial charge in [-0.05, 0) is 38.3 Å². The number of aromatic nitrogens is 3. The fourth-order valence-corrected chi connectivity index (χ4v) is 3.76. The summed E-state index contributed by atoms with van der Waals surface area (Å²) in [6.07, 6.45) is 3.81. The Labute approximate surface area is 193 Å². The summed E-state index contributed by atoms with van der Waals surface area (Å²) in [6, 6.07) is 7.34. The minimum atomic E-state index is -0.367. The van der Waals surface area contributed by atoms with E-state index in [1.54, 1.807) is 11.8 Å². The zero-order valence-electron chi connectivity index (χ0n) is 19.3. The first kappa shape index (κ1) is 24.4. The number of aryl methyl sites for hydroxylation is 1. The molecule has 178 valence electrons. The van der Waals surface area contributed by atoms with Crippen molar-refractivity contribution in [2.45, 2.75) is 52.4 Å². The zero-order chi connectivity index (χ0) is 23.6. The molecule has 1 fully saturated rings. The summed E-state index contributed by atoms with van der Waals surface area (Å²) in [7, 11) is 0. The molecule has 0 aliphatic carbocycles. The number of likely N-dealkylation sites (tertiary alicyclic amines) is 1. The van der Waals surface area contributed by atoms with Crippen molar-refractivity contribution in [3.63, 3.8) is 0 Å². The van der Waals surface area contributed by atoms with Crippen LogP contribution in [0.15, 0.2) is 29.1 Å². The molecule has 3 rings (SSSR count). The number of nitrogens with zero attached hydrogens (tertiary/aromatic N) is 3. The number of hydrogen-bond acceptors (Lipinski definition) is 7. The van der Waals surface area contributed by atoms with E-state index in [2.05, 4.69) is 22.1 Å². The molecule has 1 N–H and O–H groups in total. The maximum Gasteiger partial charge on any atom is 0.310 e. The molecule has 1 aromatic carbocycles. The van der Waals surface area contributed by atoms with Crippen molar-refractivity contribution in [3.8, 4) is 17.1 Å². The number of nitrogens with one attached hydrogen (secondary N) is 1. The highest BCUT2D eigenvalue weighted by atomic mass is 16.5. The summed E-state index contributed by atoms with van der Waals surface area (Å²) in [5, 5.41) is 8.21. The number of carbonyl (C=O) groups excluding carboxylic acids is 2. The first-order valence-corrected chi connectivity index (χ1v) is 11.6. The first-order chi connectivity index (χ1) is 16.0. The number of esters is 1. The highest BCUT2D eigenvalue weighted by Gasteiger charge is 2.29. The topological polar surface area (TPSA) is 114 Å². The molecule has 1 unspecified atom stereocenters. The molecule has 9 heteroatoms. The number of ether oxygens (including phenoxy) is 2. The van der Waals surface area contributed by atoms with Crippen molar-refractivity contribution in [3.05, 3.63) is 40.3 Å². The predicted molar refractivity (Wildman–Crippen MR) is 123 cm³/mol. The minimum Gasteiger partial charge on any atom is -0.494 e. The van der Waals surface area contributed by atoms with Gasteiger partial charge in [0.15, 0.2) is 5.82 Å². The Morgan fingerprint density at radius 3 is 2.85 bits per heavy atom. The van der Waals surface area contributed by atoms with Crippen LogP contribution in [0.3, 0.4) is 0 Å². The molecule has 1 aromatic heterocycles. The van der Waals surface area contributed by atoms with Gasteiger partial charge in [0.2, 0.25) is 5.91 Å². The average Bonchev–Trinajstić information content (AvgIpc) is 2.83. The maximum absolute atomic E-state index is 12.6. The second-order valence-electron chi connectivity index (χ2n) is 8.11. The summed E-state index contributed by atoms with van der Waals surface area (Å²) in [4.78, 5) is 41.6. The number of H-pyrrole nitrogens is 1. The summed E-state index contributed by atoms with van der Waals surface area (Å²) in [5.74, 6) is 0.413. The Morgan fingerprint density at radius 1 is 1.24 bits per heavy atom. The van der Waals surface area contributed by atoms with Crippen LogP contribution in [0.2, 0.25) is 0 Å². The maximum atomic E-state index is 12.6. The third kappa shape index (κ3) is 6.87. The van der Waals surface area contributed by atoms with E-state index in [9.17, 15) is 14.4 Å². The predicted octanol–water partition coefficient (Wildman–Crippen LogP) is 2.75. The van der Waals surface area contributed by atoms with Crippen molar-refractivity contribution in [2.75, 3.05) is 26.3 Å². The van der Waals surface area contributed by atoms with E-state index in [-0.39, 0.29) is 41.9 Å². The molecule has 0 saturated carbocycles. The summed E-state index contributed by atoms with van der Waals surface area (Å²) in [5.41, 5.74) is 0.545. The van der Waals surface area contributed by atoms with Gasteiger partial charge in [0, 0.05) is 31.5 Å². The number of aromatic amines is 1. The summed E-state index contributed by atoms with van der Waals surface area (Å²) < 4.78 is 10.8. The Kier molecular flexibility index (Phi) is 8.97. The number of piperidine rings is 1. The fraction of sp³-hybridized carbons (Fsp3) is 0.542. The summed E-state index contributed by atoms with van der Waals surface area (Å²) in [6.45, 7) is 5.79. The SMILES string of the molecule is CCCCOc1cccc(-c2nnc(CCC(=O)N3CCCC(C(=O)OCC)C3)c(=O)[nH]2)c1. The van der Waals surface area contributed by atoms with Crippen LogP contribution >= 0.6 is 0 Å². The van der Waals surface area contributed by atoms with Crippen molar-refractivity contribution < 1.29 is 19.1 Å². The normalized spacial score (nSPS) is 15.8. The molecule has 2 aromatic rings. The van der Waals surface area contributed by atoms with Crippen LogP contribution in [0.25, 0.3) is 11.4 Å². The van der Waals surface area contributed by atoms with Crippen molar-refractivity contribution in [1.82, 2.24) is 20.1 Å². The van der Waals surface area contributed by atoms with E-state index in [0.29, 0.717) is 43.4 Å². The van der Waals surface area contributed by atoms with Gasteiger partial charge < -0.3 is 19.4 Å². The van der Waals surface area contributed by atoms with Gasteiger partial charge in [0.05, 0.1) is 19.1 Å². The van der Waals surface area contributed by atoms with Gasteiger partial charge in [0.1, 0.15) is 11.4 Å². The van der Waals surface area contributed by atoms with Gasteiger partial charge in [-0.25, -0.2) is 0 Å². The Bertz CT molecular complexity index is 1010. The van der Waals surface area contributed by atoms with E-state index in [4.69, 9.17) is 9.47 Å². The van der Waals surface area contributed by atoms with E-state index in [0.717, 1.165) is 25.7 Å². The largest absolute Gasteiger partial charge is 0.494 e. The molecule has 1 amide bonds. The van der Waals surface area contributed by atoms with Crippen LogP contribution < -0.4 is 10.3 Å². The van der Waals surface area contributed by atoms with Crippen molar-refractivity contribution >= 4 is 11.9 Å². The molecular formula is C24H32N4O5. The van der Waals surface area contributed by atoms with Gasteiger partial charge >= 0.3 is 5.97 Å². The lowest BCUT2D eigenvalue weighted by atomic mass is 9.98. The molecule has 2 heterocycles. The monoisotopic (exact) mass is 456 g/mol. The Morgan fingerprint density at radius 2 is 2.09 bits per heavy atom. The lowest BCUT2D eigenvalue weighted by molar-refractivity contribution is -0.151. The highest BCUT2D eigenvalue weighted by molar-refractivity contribution is 5.78. The molecule has 33 heavy (non-hydrogen) atoms. The van der Waals surface area contributed by atoms with Crippen LogP contribution in [-0.4, -0.2) is 58.3 Å². The van der Waals surface area contributed by atoms with Crippen molar-refractivity contribution in [2.24, 2.45) is 5.92 Å². The van der Waals surface area contributed by atoms with Crippen LogP contribution in [0.4, 0.5) is 0 Å². The zero-order valence-corrected chi connectivity index (χ0v) is 19.3. The number of unbranched alkanes of at least 4 members (excludes halogenated alkanes) is 1. The molecule has 9 nitrogen and oxygen atoms in total. The number of amides is 1. The molecular weight excluding hydrogens is 424 g/mol. The van der Waals surface area contributed by atoms with E-state index in [1.807, 2.05) is 24.3 Å². The molecule has 1 saturated heterocycles. The summed E-state index contributed by atoms with van der Waals surface area (Å²) >= 11 is 0. The average molecular weight is 457 g/mol. The van der Waals surface area contributed by atoms with Crippen molar-refractivity contribution in [1.29, 1.82) is 0 Å². The van der Waals surface area contributed by atoms with Gasteiger partial charge in [-0.15, -0.1) is 10.2 Å². The molecule has 1 aliphatic rings. The second kappa shape index (κ2) is 12.1. The Hall–Kier alpha value is -3.23. The number of carbonyl (C=O) groups is 2. The number of hydrogen-bond donors (Lipinski definition) is 1. The molecule has 0 radical (unpaired) electrons. The second-order valence-corrected chi connectivity index (χ2v) is 8.11. The van der Waals surface area contributed by atoms with E-state index >= 15 is 0 Å². The Balaban J connectivity index is 1.58. The molecule has 0 bridgehead atoms. The third-order valence-corrected chi connectivity index (χ3v) is 5.61. The van der Waals surface area contributed by atoms with Crippen LogP contribution in [0, 0.1) is 5.92 Å². The third-order valence-electron chi connectivity index (χ3n) is 5.61. The fourth-order valence-electron chi connectivity index (χ4n) is 3.76. The van der Waals surface area contributed by atoms with E-state index < -0.39 is 0 Å². The standard InChI is InChI=1S/C24H32N4O5/c1-3-5-14-33-19-10-6-8-17(15-19)22-25-23(30)20(26-27-22)11-12-21(29)28-13-7-9-18(16-28)24(31)32-4-2/h6,8,10,15,18H,3-5,7,9,11-14,16H2,1-2H3,(H,25,27,30). The van der Waals surface area contributed by atoms with Gasteiger partial charge in [-0.1, -0.05) is 25.5 Å². The number of benzene rings is 1. The molecule has 1 aliphatic heterocycles. The van der Waals surface area contributed by atoms with E-state index in [1.165, 1.54) is 0 Å². The number of rotatable bonds is 10. The minimum absolute atomic E-state index is 0.105.